The number of rotatable bonds is 11. The first-order valence-corrected chi connectivity index (χ1v) is 18.9. The predicted octanol–water partition coefficient (Wildman–Crippen LogP) is 5.95. The summed E-state index contributed by atoms with van der Waals surface area (Å²) in [6.07, 6.45) is 6.05. The number of hydrogen-bond donors (Lipinski definition) is 2. The average Bonchev–Trinajstić information content (AvgIpc) is 3.45. The van der Waals surface area contributed by atoms with Gasteiger partial charge in [0.1, 0.15) is 24.2 Å². The molecule has 1 saturated carbocycles. The highest BCUT2D eigenvalue weighted by Crippen LogP contribution is 2.39. The molecule has 52 heavy (non-hydrogen) atoms. The lowest BCUT2D eigenvalue weighted by atomic mass is 9.78. The Hall–Kier alpha value is -4.67. The first kappa shape index (κ1) is 33.2. The van der Waals surface area contributed by atoms with Crippen LogP contribution in [0.5, 0.6) is 11.5 Å². The molecule has 0 radical (unpaired) electrons. The topological polar surface area (TPSA) is 101 Å². The van der Waals surface area contributed by atoms with Crippen LogP contribution in [0.25, 0.3) is 0 Å². The molecular formula is C42H48N6O4. The summed E-state index contributed by atoms with van der Waals surface area (Å²) in [5, 5.41) is 7.08. The molecule has 270 valence electrons. The van der Waals surface area contributed by atoms with Crippen LogP contribution in [0.3, 0.4) is 0 Å². The molecule has 3 aromatic carbocycles. The van der Waals surface area contributed by atoms with E-state index in [0.29, 0.717) is 24.1 Å². The second-order valence-corrected chi connectivity index (χ2v) is 16.0. The molecule has 4 aromatic rings. The van der Waals surface area contributed by atoms with Crippen LogP contribution in [0.1, 0.15) is 72.3 Å². The van der Waals surface area contributed by atoms with E-state index in [2.05, 4.69) is 87.8 Å². The van der Waals surface area contributed by atoms with Gasteiger partial charge in [-0.1, -0.05) is 44.2 Å². The number of benzene rings is 3. The fraction of sp³-hybridized carbons (Fsp3) is 0.452. The molecule has 5 aliphatic rings. The van der Waals surface area contributed by atoms with Crippen LogP contribution in [0, 0.1) is 5.41 Å². The summed E-state index contributed by atoms with van der Waals surface area (Å²) in [7, 11) is 0. The Morgan fingerprint density at radius 3 is 2.42 bits per heavy atom. The highest BCUT2D eigenvalue weighted by molar-refractivity contribution is 5.99. The van der Waals surface area contributed by atoms with Crippen LogP contribution < -0.4 is 25.0 Å². The summed E-state index contributed by atoms with van der Waals surface area (Å²) in [5.41, 5.74) is 6.44. The summed E-state index contributed by atoms with van der Waals surface area (Å²) >= 11 is 0. The van der Waals surface area contributed by atoms with Crippen LogP contribution in [-0.2, 0) is 23.3 Å². The minimum Gasteiger partial charge on any atom is -0.490 e. The number of nitrogens with zero attached hydrogens (tertiary/aromatic N) is 4. The lowest BCUT2D eigenvalue weighted by Crippen LogP contribution is -2.66. The van der Waals surface area contributed by atoms with E-state index in [4.69, 9.17) is 19.2 Å². The van der Waals surface area contributed by atoms with Crippen LogP contribution >= 0.6 is 0 Å². The van der Waals surface area contributed by atoms with Gasteiger partial charge in [-0.3, -0.25) is 4.79 Å². The van der Waals surface area contributed by atoms with Crippen LogP contribution in [0.4, 0.5) is 11.6 Å². The van der Waals surface area contributed by atoms with Gasteiger partial charge in [0, 0.05) is 74.0 Å². The van der Waals surface area contributed by atoms with Gasteiger partial charge in [-0.25, -0.2) is 9.97 Å². The number of ether oxygens (including phenoxy) is 3. The van der Waals surface area contributed by atoms with Crippen LogP contribution in [-0.4, -0.2) is 78.4 Å². The van der Waals surface area contributed by atoms with Crippen molar-refractivity contribution in [2.75, 3.05) is 49.6 Å². The lowest BCUT2D eigenvalue weighted by Gasteiger charge is -2.54. The molecule has 4 fully saturated rings. The first-order valence-electron chi connectivity index (χ1n) is 18.9. The molecule has 10 heteroatoms. The molecule has 10 nitrogen and oxygen atoms in total. The molecule has 1 atom stereocenters. The van der Waals surface area contributed by atoms with E-state index in [1.807, 2.05) is 30.5 Å². The number of aromatic nitrogens is 2. The highest BCUT2D eigenvalue weighted by Gasteiger charge is 2.50. The minimum atomic E-state index is -0.189. The molecule has 9 rings (SSSR count). The Labute approximate surface area is 305 Å². The first-order chi connectivity index (χ1) is 25.3. The number of piperidine rings is 1. The van der Waals surface area contributed by atoms with Gasteiger partial charge in [0.15, 0.2) is 0 Å². The Balaban J connectivity index is 0.742. The zero-order valence-electron chi connectivity index (χ0n) is 30.1. The monoisotopic (exact) mass is 700 g/mol. The van der Waals surface area contributed by atoms with Crippen molar-refractivity contribution >= 4 is 17.5 Å². The number of amides is 1. The van der Waals surface area contributed by atoms with Crippen molar-refractivity contribution in [3.63, 3.8) is 0 Å². The third kappa shape index (κ3) is 6.47. The number of carbonyl (C=O) groups is 1. The van der Waals surface area contributed by atoms with E-state index in [1.165, 1.54) is 11.1 Å². The number of carbonyl (C=O) groups excluding carboxylic acids is 1. The maximum atomic E-state index is 13.2. The Bertz CT molecular complexity index is 1910. The summed E-state index contributed by atoms with van der Waals surface area (Å²) in [6, 6.07) is 25.7. The fourth-order valence-electron chi connectivity index (χ4n) is 8.35. The van der Waals surface area contributed by atoms with Crippen molar-refractivity contribution in [1.29, 1.82) is 0 Å². The quantitative estimate of drug-likeness (QED) is 0.197. The van der Waals surface area contributed by atoms with Gasteiger partial charge in [0.2, 0.25) is 5.95 Å². The summed E-state index contributed by atoms with van der Waals surface area (Å²) in [4.78, 5) is 26.7. The van der Waals surface area contributed by atoms with E-state index >= 15 is 0 Å². The normalized spacial score (nSPS) is 23.3. The SMILES string of the molecule is CC(C)(c1ccc(OCc2ccnc(N3CC4(COC4)C3)n2)cc1)c1ccc(OC2CC(Nc3ccc4c(c3)C(=O)N(C3CCCNC3)C4)C2)cc1. The van der Waals surface area contributed by atoms with Gasteiger partial charge in [-0.05, 0) is 78.5 Å². The third-order valence-electron chi connectivity index (χ3n) is 11.8. The second kappa shape index (κ2) is 13.4. The Morgan fingerprint density at radius 1 is 0.981 bits per heavy atom. The lowest BCUT2D eigenvalue weighted by molar-refractivity contribution is -0.127. The molecule has 1 aromatic heterocycles. The molecule has 3 saturated heterocycles. The number of nitrogens with one attached hydrogen (secondary N) is 2. The van der Waals surface area contributed by atoms with Crippen molar-refractivity contribution in [3.8, 4) is 11.5 Å². The van der Waals surface area contributed by atoms with Gasteiger partial charge in [-0.2, -0.15) is 0 Å². The standard InChI is InChI=1S/C42H48N6O4/c1-41(2,29-6-11-35(12-7-29)51-23-32-15-17-44-40(46-32)47-24-42(25-47)26-50-27-42)30-8-13-36(14-9-30)52-37-18-33(19-37)45-31-10-5-28-22-48(39(49)38(28)20-31)34-4-3-16-43-21-34/h5-15,17,20,33-34,37,43,45H,3-4,16,18-19,21-27H2,1-2H3. The van der Waals surface area contributed by atoms with E-state index in [9.17, 15) is 4.79 Å². The average molecular weight is 701 g/mol. The van der Waals surface area contributed by atoms with E-state index in [0.717, 1.165) is 112 Å². The predicted molar refractivity (Wildman–Crippen MR) is 200 cm³/mol. The zero-order chi connectivity index (χ0) is 35.3. The fourth-order valence-corrected chi connectivity index (χ4v) is 8.35. The highest BCUT2D eigenvalue weighted by atomic mass is 16.5. The van der Waals surface area contributed by atoms with Gasteiger partial charge in [0.25, 0.3) is 5.91 Å². The molecule has 1 unspecified atom stereocenters. The number of anilines is 2. The van der Waals surface area contributed by atoms with Crippen molar-refractivity contribution in [3.05, 3.63) is 107 Å². The molecule has 1 amide bonds. The van der Waals surface area contributed by atoms with Gasteiger partial charge in [0.05, 0.1) is 24.3 Å². The smallest absolute Gasteiger partial charge is 0.254 e. The number of hydrogen-bond acceptors (Lipinski definition) is 9. The van der Waals surface area contributed by atoms with Crippen molar-refractivity contribution < 1.29 is 19.0 Å². The molecular weight excluding hydrogens is 652 g/mol. The van der Waals surface area contributed by atoms with Crippen molar-refractivity contribution in [2.24, 2.45) is 5.41 Å². The maximum Gasteiger partial charge on any atom is 0.254 e. The van der Waals surface area contributed by atoms with Crippen molar-refractivity contribution in [1.82, 2.24) is 20.2 Å². The summed E-state index contributed by atoms with van der Waals surface area (Å²) < 4.78 is 17.9. The second-order valence-electron chi connectivity index (χ2n) is 16.0. The van der Waals surface area contributed by atoms with E-state index in [-0.39, 0.29) is 17.4 Å². The van der Waals surface area contributed by atoms with E-state index in [1.54, 1.807) is 0 Å². The Kier molecular flexibility index (Phi) is 8.54. The van der Waals surface area contributed by atoms with Crippen LogP contribution in [0.15, 0.2) is 79.0 Å². The minimum absolute atomic E-state index is 0.170. The van der Waals surface area contributed by atoms with Gasteiger partial charge < -0.3 is 34.6 Å². The van der Waals surface area contributed by atoms with E-state index < -0.39 is 0 Å². The zero-order valence-corrected chi connectivity index (χ0v) is 30.1. The molecule has 1 spiro atoms. The molecule has 0 bridgehead atoms. The molecule has 1 aliphatic carbocycles. The Morgan fingerprint density at radius 2 is 1.73 bits per heavy atom. The largest absolute Gasteiger partial charge is 0.490 e. The molecule has 2 N–H and O–H groups in total. The maximum absolute atomic E-state index is 13.2. The summed E-state index contributed by atoms with van der Waals surface area (Å²) in [5.74, 6) is 2.65. The third-order valence-corrected chi connectivity index (χ3v) is 11.8. The molecule has 4 aliphatic heterocycles. The summed E-state index contributed by atoms with van der Waals surface area (Å²) in [6.45, 7) is 11.2. The van der Waals surface area contributed by atoms with Gasteiger partial charge >= 0.3 is 0 Å². The van der Waals surface area contributed by atoms with Crippen molar-refractivity contribution in [2.45, 2.75) is 76.3 Å². The molecule has 5 heterocycles. The number of fused-ring (bicyclic) bond motifs is 1. The van der Waals surface area contributed by atoms with Gasteiger partial charge in [-0.15, -0.1) is 0 Å². The van der Waals surface area contributed by atoms with Crippen LogP contribution in [0.2, 0.25) is 0 Å².